The van der Waals surface area contributed by atoms with Gasteiger partial charge in [0, 0.05) is 16.0 Å². The lowest BCUT2D eigenvalue weighted by atomic mass is 9.88. The third-order valence-electron chi connectivity index (χ3n) is 5.19. The standard InChI is InChI=1S/C25H29NOS/c1-16(2)25-21(12-14-28-25)23-17(3)7-10-22(27-6)24(23)20-9-8-19(11-13-26-5)18(4)15-20/h7-10,12,14-15,26H,1,11,13H2,2-6H3. The molecule has 0 atom stereocenters. The molecule has 3 heteroatoms. The second-order valence-corrected chi connectivity index (χ2v) is 8.19. The predicted octanol–water partition coefficient (Wildman–Crippen LogP) is 6.50. The summed E-state index contributed by atoms with van der Waals surface area (Å²) in [5, 5.41) is 5.38. The Kier molecular flexibility index (Phi) is 6.38. The van der Waals surface area contributed by atoms with Gasteiger partial charge < -0.3 is 10.1 Å². The van der Waals surface area contributed by atoms with Crippen LogP contribution in [0.3, 0.4) is 0 Å². The lowest BCUT2D eigenvalue weighted by Crippen LogP contribution is -2.11. The molecule has 0 spiro atoms. The van der Waals surface area contributed by atoms with E-state index in [0.717, 1.165) is 29.9 Å². The van der Waals surface area contributed by atoms with Crippen molar-refractivity contribution in [1.82, 2.24) is 5.32 Å². The Bertz CT molecular complexity index is 1000. The number of hydrogen-bond donors (Lipinski definition) is 1. The van der Waals surface area contributed by atoms with Crippen LogP contribution in [0.15, 0.2) is 48.4 Å². The summed E-state index contributed by atoms with van der Waals surface area (Å²) in [5.41, 5.74) is 9.86. The Labute approximate surface area is 172 Å². The second-order valence-electron chi connectivity index (χ2n) is 7.27. The van der Waals surface area contributed by atoms with Crippen LogP contribution in [-0.2, 0) is 6.42 Å². The van der Waals surface area contributed by atoms with Crippen LogP contribution in [0, 0.1) is 13.8 Å². The van der Waals surface area contributed by atoms with Crippen molar-refractivity contribution in [3.63, 3.8) is 0 Å². The van der Waals surface area contributed by atoms with Crippen LogP contribution in [0.4, 0.5) is 0 Å². The molecule has 1 aromatic heterocycles. The summed E-state index contributed by atoms with van der Waals surface area (Å²) in [6, 6.07) is 13.2. The van der Waals surface area contributed by atoms with Crippen molar-refractivity contribution in [2.24, 2.45) is 0 Å². The molecule has 0 radical (unpaired) electrons. The second kappa shape index (κ2) is 8.76. The molecule has 0 aliphatic rings. The average Bonchev–Trinajstić information content (AvgIpc) is 3.16. The highest BCUT2D eigenvalue weighted by Crippen LogP contribution is 2.45. The molecule has 3 rings (SSSR count). The number of thiophene rings is 1. The predicted molar refractivity (Wildman–Crippen MR) is 124 cm³/mol. The smallest absolute Gasteiger partial charge is 0.127 e. The van der Waals surface area contributed by atoms with Gasteiger partial charge in [-0.15, -0.1) is 11.3 Å². The van der Waals surface area contributed by atoms with E-state index in [4.69, 9.17) is 4.74 Å². The van der Waals surface area contributed by atoms with E-state index in [9.17, 15) is 0 Å². The molecule has 1 N–H and O–H groups in total. The van der Waals surface area contributed by atoms with Gasteiger partial charge in [-0.05, 0) is 91.7 Å². The SMILES string of the molecule is C=C(C)c1sccc1-c1c(C)ccc(OC)c1-c1ccc(CCNC)c(C)c1. The highest BCUT2D eigenvalue weighted by molar-refractivity contribution is 7.11. The van der Waals surface area contributed by atoms with E-state index in [2.05, 4.69) is 74.4 Å². The quantitative estimate of drug-likeness (QED) is 0.496. The Hall–Kier alpha value is -2.36. The maximum absolute atomic E-state index is 5.80. The summed E-state index contributed by atoms with van der Waals surface area (Å²) in [6.07, 6.45) is 1.03. The van der Waals surface area contributed by atoms with Gasteiger partial charge in [-0.25, -0.2) is 0 Å². The molecule has 0 fully saturated rings. The van der Waals surface area contributed by atoms with E-state index in [1.54, 1.807) is 18.4 Å². The molecule has 146 valence electrons. The molecule has 0 aliphatic carbocycles. The monoisotopic (exact) mass is 391 g/mol. The molecule has 0 unspecified atom stereocenters. The van der Waals surface area contributed by atoms with Crippen LogP contribution in [0.5, 0.6) is 5.75 Å². The molecule has 2 nitrogen and oxygen atoms in total. The minimum absolute atomic E-state index is 0.904. The van der Waals surface area contributed by atoms with E-state index in [1.807, 2.05) is 7.05 Å². The molecular weight excluding hydrogens is 362 g/mol. The fourth-order valence-electron chi connectivity index (χ4n) is 3.72. The first-order valence-electron chi connectivity index (χ1n) is 9.63. The Morgan fingerprint density at radius 1 is 1.07 bits per heavy atom. The molecular formula is C25H29NOS. The Morgan fingerprint density at radius 3 is 2.50 bits per heavy atom. The molecule has 28 heavy (non-hydrogen) atoms. The number of methoxy groups -OCH3 is 1. The fraction of sp³-hybridized carbons (Fsp3) is 0.280. The molecule has 0 saturated carbocycles. The zero-order valence-electron chi connectivity index (χ0n) is 17.5. The number of nitrogens with one attached hydrogen (secondary N) is 1. The highest BCUT2D eigenvalue weighted by Gasteiger charge is 2.19. The topological polar surface area (TPSA) is 21.3 Å². The van der Waals surface area contributed by atoms with Gasteiger partial charge in [-0.2, -0.15) is 0 Å². The lowest BCUT2D eigenvalue weighted by Gasteiger charge is -2.19. The van der Waals surface area contributed by atoms with Crippen LogP contribution in [0.1, 0.15) is 28.5 Å². The zero-order chi connectivity index (χ0) is 20.3. The van der Waals surface area contributed by atoms with Crippen molar-refractivity contribution < 1.29 is 4.74 Å². The first kappa shape index (κ1) is 20.4. The molecule has 0 aliphatic heterocycles. The molecule has 0 bridgehead atoms. The number of allylic oxidation sites excluding steroid dienone is 1. The summed E-state index contributed by atoms with van der Waals surface area (Å²) >= 11 is 1.75. The van der Waals surface area contributed by atoms with E-state index in [0.29, 0.717) is 0 Å². The molecule has 0 amide bonds. The number of hydrogen-bond acceptors (Lipinski definition) is 3. The summed E-state index contributed by atoms with van der Waals surface area (Å²) in [5.74, 6) is 0.904. The van der Waals surface area contributed by atoms with Gasteiger partial charge >= 0.3 is 0 Å². The first-order chi connectivity index (χ1) is 13.5. The van der Waals surface area contributed by atoms with Crippen molar-refractivity contribution in [1.29, 1.82) is 0 Å². The van der Waals surface area contributed by atoms with Gasteiger partial charge in [0.2, 0.25) is 0 Å². The number of rotatable bonds is 7. The van der Waals surface area contributed by atoms with Crippen molar-refractivity contribution in [2.75, 3.05) is 20.7 Å². The summed E-state index contributed by atoms with van der Waals surface area (Å²) < 4.78 is 5.80. The van der Waals surface area contributed by atoms with Crippen LogP contribution in [0.25, 0.3) is 27.8 Å². The van der Waals surface area contributed by atoms with Gasteiger partial charge in [0.25, 0.3) is 0 Å². The summed E-state index contributed by atoms with van der Waals surface area (Å²) in [6.45, 7) is 11.6. The number of benzene rings is 2. The largest absolute Gasteiger partial charge is 0.496 e. The van der Waals surface area contributed by atoms with Crippen LogP contribution < -0.4 is 10.1 Å². The van der Waals surface area contributed by atoms with Gasteiger partial charge in [0.05, 0.1) is 7.11 Å². The van der Waals surface area contributed by atoms with Gasteiger partial charge in [-0.1, -0.05) is 30.8 Å². The van der Waals surface area contributed by atoms with Crippen LogP contribution >= 0.6 is 11.3 Å². The Balaban J connectivity index is 2.23. The number of aryl methyl sites for hydroxylation is 2. The zero-order valence-corrected chi connectivity index (χ0v) is 18.3. The molecule has 0 saturated heterocycles. The first-order valence-corrected chi connectivity index (χ1v) is 10.5. The summed E-state index contributed by atoms with van der Waals surface area (Å²) in [7, 11) is 3.74. The molecule has 3 aromatic rings. The van der Waals surface area contributed by atoms with Gasteiger partial charge in [-0.3, -0.25) is 0 Å². The average molecular weight is 392 g/mol. The van der Waals surface area contributed by atoms with Gasteiger partial charge in [0.15, 0.2) is 0 Å². The molecule has 1 heterocycles. The van der Waals surface area contributed by atoms with E-state index in [1.165, 1.54) is 38.3 Å². The van der Waals surface area contributed by atoms with E-state index >= 15 is 0 Å². The fourth-order valence-corrected chi connectivity index (χ4v) is 4.56. The number of ether oxygens (including phenoxy) is 1. The summed E-state index contributed by atoms with van der Waals surface area (Å²) in [4.78, 5) is 1.24. The van der Waals surface area contributed by atoms with Crippen LogP contribution in [-0.4, -0.2) is 20.7 Å². The normalized spacial score (nSPS) is 10.9. The van der Waals surface area contributed by atoms with Crippen molar-refractivity contribution in [2.45, 2.75) is 27.2 Å². The number of likely N-dealkylation sites (N-methyl/N-ethyl adjacent to an activating group) is 1. The third-order valence-corrected chi connectivity index (χ3v) is 6.27. The highest BCUT2D eigenvalue weighted by atomic mass is 32.1. The Morgan fingerprint density at radius 2 is 1.86 bits per heavy atom. The molecule has 2 aromatic carbocycles. The maximum Gasteiger partial charge on any atom is 0.127 e. The minimum atomic E-state index is 0.904. The van der Waals surface area contributed by atoms with Crippen molar-refractivity contribution >= 4 is 16.9 Å². The lowest BCUT2D eigenvalue weighted by molar-refractivity contribution is 0.416. The van der Waals surface area contributed by atoms with Gasteiger partial charge in [0.1, 0.15) is 5.75 Å². The van der Waals surface area contributed by atoms with E-state index in [-0.39, 0.29) is 0 Å². The van der Waals surface area contributed by atoms with Crippen LogP contribution in [0.2, 0.25) is 0 Å². The van der Waals surface area contributed by atoms with E-state index < -0.39 is 0 Å². The maximum atomic E-state index is 5.80. The van der Waals surface area contributed by atoms with Crippen molar-refractivity contribution in [3.8, 4) is 28.0 Å². The van der Waals surface area contributed by atoms with Crippen molar-refractivity contribution in [3.05, 3.63) is 69.9 Å². The third kappa shape index (κ3) is 3.91. The minimum Gasteiger partial charge on any atom is -0.496 e.